The lowest BCUT2D eigenvalue weighted by Crippen LogP contribution is -2.39. The van der Waals surface area contributed by atoms with Crippen molar-refractivity contribution in [2.75, 3.05) is 18.0 Å². The largest absolute Gasteiger partial charge is 0.368 e. The van der Waals surface area contributed by atoms with Crippen LogP contribution < -0.4 is 10.2 Å². The first-order valence-corrected chi connectivity index (χ1v) is 6.88. The van der Waals surface area contributed by atoms with Crippen LogP contribution in [-0.2, 0) is 6.54 Å². The van der Waals surface area contributed by atoms with Crippen LogP contribution in [0, 0.1) is 0 Å². The minimum atomic E-state index is 0.565. The van der Waals surface area contributed by atoms with E-state index in [9.17, 15) is 0 Å². The molecule has 0 bridgehead atoms. The Bertz CT molecular complexity index is 582. The number of fused-ring (bicyclic) bond motifs is 3. The second-order valence-electron chi connectivity index (χ2n) is 5.41. The smallest absolute Gasteiger partial charge is 0.0553 e. The summed E-state index contributed by atoms with van der Waals surface area (Å²) in [5.74, 6) is 0.602. The van der Waals surface area contributed by atoms with E-state index in [0.717, 1.165) is 19.6 Å². The van der Waals surface area contributed by atoms with Gasteiger partial charge in [-0.3, -0.25) is 4.98 Å². The highest BCUT2D eigenvalue weighted by atomic mass is 15.2. The van der Waals surface area contributed by atoms with Crippen LogP contribution in [0.2, 0.25) is 0 Å². The highest BCUT2D eigenvalue weighted by molar-refractivity contribution is 5.49. The second kappa shape index (κ2) is 4.35. The quantitative estimate of drug-likeness (QED) is 0.842. The van der Waals surface area contributed by atoms with Crippen LogP contribution in [0.25, 0.3) is 0 Å². The molecule has 1 aromatic heterocycles. The van der Waals surface area contributed by atoms with Crippen LogP contribution >= 0.6 is 0 Å². The fourth-order valence-corrected chi connectivity index (χ4v) is 3.38. The van der Waals surface area contributed by atoms with E-state index in [0.29, 0.717) is 12.0 Å². The van der Waals surface area contributed by atoms with E-state index in [1.807, 2.05) is 18.5 Å². The average molecular weight is 251 g/mol. The predicted octanol–water partition coefficient (Wildman–Crippen LogP) is 2.16. The van der Waals surface area contributed by atoms with Crippen molar-refractivity contribution in [3.63, 3.8) is 0 Å². The zero-order chi connectivity index (χ0) is 12.7. The van der Waals surface area contributed by atoms with Crippen molar-refractivity contribution in [3.05, 3.63) is 59.9 Å². The number of nitrogens with zero attached hydrogens (tertiary/aromatic N) is 2. The van der Waals surface area contributed by atoms with E-state index in [-0.39, 0.29) is 0 Å². The van der Waals surface area contributed by atoms with E-state index >= 15 is 0 Å². The Morgan fingerprint density at radius 3 is 2.95 bits per heavy atom. The van der Waals surface area contributed by atoms with Crippen molar-refractivity contribution in [2.45, 2.75) is 18.5 Å². The molecule has 2 aliphatic heterocycles. The lowest BCUT2D eigenvalue weighted by atomic mass is 9.87. The number of rotatable bonds is 1. The third kappa shape index (κ3) is 1.81. The van der Waals surface area contributed by atoms with Crippen molar-refractivity contribution >= 4 is 5.69 Å². The molecular formula is C16H17N3. The third-order valence-electron chi connectivity index (χ3n) is 4.34. The summed E-state index contributed by atoms with van der Waals surface area (Å²) in [6.45, 7) is 3.16. The van der Waals surface area contributed by atoms with Gasteiger partial charge in [0.1, 0.15) is 0 Å². The maximum Gasteiger partial charge on any atom is 0.0553 e. The van der Waals surface area contributed by atoms with Gasteiger partial charge in [-0.2, -0.15) is 0 Å². The Kier molecular flexibility index (Phi) is 2.52. The van der Waals surface area contributed by atoms with Crippen LogP contribution in [0.4, 0.5) is 5.69 Å². The summed E-state index contributed by atoms with van der Waals surface area (Å²) in [5.41, 5.74) is 4.21. The van der Waals surface area contributed by atoms with Gasteiger partial charge in [-0.1, -0.05) is 24.3 Å². The number of benzene rings is 1. The Balaban J connectivity index is 1.65. The van der Waals surface area contributed by atoms with Crippen molar-refractivity contribution in [1.82, 2.24) is 10.3 Å². The molecule has 2 aliphatic rings. The van der Waals surface area contributed by atoms with E-state index in [4.69, 9.17) is 0 Å². The third-order valence-corrected chi connectivity index (χ3v) is 4.34. The molecule has 0 radical (unpaired) electrons. The molecule has 0 amide bonds. The van der Waals surface area contributed by atoms with Gasteiger partial charge in [-0.05, 0) is 23.3 Å². The molecule has 3 heterocycles. The minimum absolute atomic E-state index is 0.565. The van der Waals surface area contributed by atoms with E-state index in [2.05, 4.69) is 45.5 Å². The molecule has 1 saturated heterocycles. The molecule has 0 unspecified atom stereocenters. The molecule has 19 heavy (non-hydrogen) atoms. The summed E-state index contributed by atoms with van der Waals surface area (Å²) >= 11 is 0. The number of aromatic nitrogens is 1. The molecule has 0 spiro atoms. The van der Waals surface area contributed by atoms with Crippen LogP contribution in [0.1, 0.15) is 17.0 Å². The van der Waals surface area contributed by atoms with E-state index in [1.54, 1.807) is 0 Å². The summed E-state index contributed by atoms with van der Waals surface area (Å²) in [6, 6.07) is 13.6. The molecule has 4 rings (SSSR count). The Morgan fingerprint density at radius 1 is 1.11 bits per heavy atom. The molecule has 96 valence electrons. The SMILES string of the molecule is c1cncc(N2C[C@H]3NCc4ccccc4[C@@H]3C2)c1. The molecule has 3 nitrogen and oxygen atoms in total. The highest BCUT2D eigenvalue weighted by Crippen LogP contribution is 2.35. The Morgan fingerprint density at radius 2 is 2.05 bits per heavy atom. The maximum absolute atomic E-state index is 4.23. The van der Waals surface area contributed by atoms with Gasteiger partial charge >= 0.3 is 0 Å². The molecule has 1 N–H and O–H groups in total. The predicted molar refractivity (Wildman–Crippen MR) is 76.3 cm³/mol. The zero-order valence-electron chi connectivity index (χ0n) is 10.8. The van der Waals surface area contributed by atoms with Crippen LogP contribution in [0.15, 0.2) is 48.8 Å². The van der Waals surface area contributed by atoms with Gasteiger partial charge in [0.25, 0.3) is 0 Å². The van der Waals surface area contributed by atoms with Crippen LogP contribution in [0.5, 0.6) is 0 Å². The van der Waals surface area contributed by atoms with Crippen molar-refractivity contribution in [3.8, 4) is 0 Å². The number of anilines is 1. The van der Waals surface area contributed by atoms with Gasteiger partial charge in [0.05, 0.1) is 11.9 Å². The zero-order valence-corrected chi connectivity index (χ0v) is 10.8. The lowest BCUT2D eigenvalue weighted by Gasteiger charge is -2.28. The van der Waals surface area contributed by atoms with Gasteiger partial charge in [-0.15, -0.1) is 0 Å². The summed E-state index contributed by atoms with van der Waals surface area (Å²) in [5, 5.41) is 3.67. The van der Waals surface area contributed by atoms with Gasteiger partial charge in [0, 0.05) is 37.8 Å². The topological polar surface area (TPSA) is 28.2 Å². The van der Waals surface area contributed by atoms with E-state index in [1.165, 1.54) is 16.8 Å². The molecule has 1 aromatic carbocycles. The molecule has 2 aromatic rings. The molecule has 0 saturated carbocycles. The second-order valence-corrected chi connectivity index (χ2v) is 5.41. The average Bonchev–Trinajstić information content (AvgIpc) is 2.93. The van der Waals surface area contributed by atoms with Gasteiger partial charge < -0.3 is 10.2 Å². The number of hydrogen-bond donors (Lipinski definition) is 1. The monoisotopic (exact) mass is 251 g/mol. The molecule has 2 atom stereocenters. The summed E-state index contributed by atoms with van der Waals surface area (Å²) in [4.78, 5) is 6.67. The molecule has 0 aliphatic carbocycles. The normalized spacial score (nSPS) is 24.9. The lowest BCUT2D eigenvalue weighted by molar-refractivity contribution is 0.472. The highest BCUT2D eigenvalue weighted by Gasteiger charge is 2.37. The first kappa shape index (κ1) is 11.0. The fraction of sp³-hybridized carbons (Fsp3) is 0.312. The Hall–Kier alpha value is -1.87. The van der Waals surface area contributed by atoms with Crippen LogP contribution in [-0.4, -0.2) is 24.1 Å². The molecule has 3 heteroatoms. The van der Waals surface area contributed by atoms with Crippen LogP contribution in [0.3, 0.4) is 0 Å². The maximum atomic E-state index is 4.23. The number of nitrogens with one attached hydrogen (secondary N) is 1. The molecule has 1 fully saturated rings. The van der Waals surface area contributed by atoms with Crippen molar-refractivity contribution < 1.29 is 0 Å². The summed E-state index contributed by atoms with van der Waals surface area (Å²) in [7, 11) is 0. The van der Waals surface area contributed by atoms with Gasteiger partial charge in [-0.25, -0.2) is 0 Å². The van der Waals surface area contributed by atoms with Crippen molar-refractivity contribution in [1.29, 1.82) is 0 Å². The fourth-order valence-electron chi connectivity index (χ4n) is 3.38. The first-order valence-electron chi connectivity index (χ1n) is 6.88. The van der Waals surface area contributed by atoms with Gasteiger partial charge in [0.15, 0.2) is 0 Å². The minimum Gasteiger partial charge on any atom is -0.368 e. The molecular weight excluding hydrogens is 234 g/mol. The van der Waals surface area contributed by atoms with E-state index < -0.39 is 0 Å². The number of pyridine rings is 1. The standard InChI is InChI=1S/C16H17N3/c1-2-6-14-12(4-1)8-18-16-11-19(10-15(14)16)13-5-3-7-17-9-13/h1-7,9,15-16,18H,8,10-11H2/t15-,16+/m0/s1. The Labute approximate surface area is 113 Å². The summed E-state index contributed by atoms with van der Waals surface area (Å²) in [6.07, 6.45) is 3.80. The van der Waals surface area contributed by atoms with Gasteiger partial charge in [0.2, 0.25) is 0 Å². The summed E-state index contributed by atoms with van der Waals surface area (Å²) < 4.78 is 0. The van der Waals surface area contributed by atoms with Crippen molar-refractivity contribution in [2.24, 2.45) is 0 Å². The number of hydrogen-bond acceptors (Lipinski definition) is 3. The first-order chi connectivity index (χ1) is 9.42.